The second-order valence-electron chi connectivity index (χ2n) is 3.03. The minimum absolute atomic E-state index is 0. The summed E-state index contributed by atoms with van der Waals surface area (Å²) in [6.45, 7) is 0.0578. The summed E-state index contributed by atoms with van der Waals surface area (Å²) in [5, 5.41) is 0.604. The number of hydrogen-bond acceptors (Lipinski definition) is 6. The third kappa shape index (κ3) is 2.81. The molecule has 17 heavy (non-hydrogen) atoms. The van der Waals surface area contributed by atoms with Crippen LogP contribution in [-0.2, 0) is 18.7 Å². The van der Waals surface area contributed by atoms with Crippen LogP contribution in [0, 0.1) is 0 Å². The number of halogens is 1. The quantitative estimate of drug-likeness (QED) is 0.747. The van der Waals surface area contributed by atoms with E-state index in [9.17, 15) is 19.0 Å². The standard InChI is InChI=1S/C6H9N2O7P.ClH/c9-5-7(1-3-13-5)15-16(11,12)8-2-4-14-6(8)10;/h1-4H2,(H,11,12);1H. The fourth-order valence-corrected chi connectivity index (χ4v) is 2.33. The fourth-order valence-electron chi connectivity index (χ4n) is 1.24. The van der Waals surface area contributed by atoms with Gasteiger partial charge in [0.1, 0.15) is 13.2 Å². The van der Waals surface area contributed by atoms with Crippen molar-refractivity contribution in [3.05, 3.63) is 0 Å². The van der Waals surface area contributed by atoms with Gasteiger partial charge in [-0.3, -0.25) is 0 Å². The van der Waals surface area contributed by atoms with Crippen molar-refractivity contribution >= 4 is 32.3 Å². The molecule has 2 aliphatic rings. The zero-order valence-corrected chi connectivity index (χ0v) is 10.2. The van der Waals surface area contributed by atoms with Crippen LogP contribution in [0.15, 0.2) is 0 Å². The summed E-state index contributed by atoms with van der Waals surface area (Å²) in [5.74, 6) is 0. The van der Waals surface area contributed by atoms with E-state index in [1.54, 1.807) is 0 Å². The summed E-state index contributed by atoms with van der Waals surface area (Å²) in [4.78, 5) is 31.5. The second kappa shape index (κ2) is 5.09. The van der Waals surface area contributed by atoms with Crippen molar-refractivity contribution in [2.24, 2.45) is 0 Å². The molecule has 2 fully saturated rings. The molecule has 0 bridgehead atoms. The molecule has 11 heteroatoms. The van der Waals surface area contributed by atoms with Crippen molar-refractivity contribution in [3.63, 3.8) is 0 Å². The predicted molar refractivity (Wildman–Crippen MR) is 54.3 cm³/mol. The number of carbonyl (C=O) groups excluding carboxylic acids is 2. The molecule has 2 heterocycles. The van der Waals surface area contributed by atoms with Crippen molar-refractivity contribution < 1.29 is 33.1 Å². The van der Waals surface area contributed by atoms with Gasteiger partial charge in [0.25, 0.3) is 0 Å². The molecule has 0 aromatic carbocycles. The highest BCUT2D eigenvalue weighted by atomic mass is 35.5. The van der Waals surface area contributed by atoms with E-state index in [2.05, 4.69) is 14.1 Å². The Morgan fingerprint density at radius 2 is 1.76 bits per heavy atom. The lowest BCUT2D eigenvalue weighted by Crippen LogP contribution is -2.29. The van der Waals surface area contributed by atoms with Gasteiger partial charge in [-0.2, -0.15) is 9.69 Å². The Balaban J connectivity index is 0.00000144. The molecule has 0 saturated carbocycles. The van der Waals surface area contributed by atoms with Gasteiger partial charge in [0.15, 0.2) is 0 Å². The van der Waals surface area contributed by atoms with Gasteiger partial charge in [0, 0.05) is 0 Å². The van der Waals surface area contributed by atoms with E-state index in [1.165, 1.54) is 0 Å². The van der Waals surface area contributed by atoms with Crippen LogP contribution in [0.2, 0.25) is 0 Å². The average Bonchev–Trinajstić information content (AvgIpc) is 2.76. The summed E-state index contributed by atoms with van der Waals surface area (Å²) in [5.41, 5.74) is 0. The smallest absolute Gasteiger partial charge is 0.447 e. The zero-order valence-electron chi connectivity index (χ0n) is 8.48. The lowest BCUT2D eigenvalue weighted by Gasteiger charge is -2.22. The molecule has 0 aromatic heterocycles. The first kappa shape index (κ1) is 14.0. The summed E-state index contributed by atoms with van der Waals surface area (Å²) >= 11 is 0. The van der Waals surface area contributed by atoms with E-state index < -0.39 is 19.9 Å². The summed E-state index contributed by atoms with van der Waals surface area (Å²) < 4.78 is 25.7. The number of rotatable bonds is 3. The van der Waals surface area contributed by atoms with Crippen LogP contribution in [-0.4, -0.2) is 53.1 Å². The summed E-state index contributed by atoms with van der Waals surface area (Å²) in [7, 11) is -4.40. The number of ether oxygens (including phenoxy) is 2. The van der Waals surface area contributed by atoms with Gasteiger partial charge in [-0.25, -0.2) is 18.8 Å². The SMILES string of the molecule is Cl.O=C1OCCN1OP(=O)(O)N1CCOC1=O. The van der Waals surface area contributed by atoms with E-state index in [1.807, 2.05) is 0 Å². The number of carbonyl (C=O) groups is 2. The third-order valence-corrected chi connectivity index (χ3v) is 3.36. The number of amides is 2. The minimum Gasteiger partial charge on any atom is -0.447 e. The Morgan fingerprint density at radius 3 is 2.24 bits per heavy atom. The van der Waals surface area contributed by atoms with Gasteiger partial charge in [-0.15, -0.1) is 12.4 Å². The molecule has 0 radical (unpaired) electrons. The van der Waals surface area contributed by atoms with Crippen LogP contribution < -0.4 is 0 Å². The molecule has 98 valence electrons. The van der Waals surface area contributed by atoms with Gasteiger partial charge in [-0.05, 0) is 0 Å². The Morgan fingerprint density at radius 1 is 1.18 bits per heavy atom. The lowest BCUT2D eigenvalue weighted by molar-refractivity contribution is -0.0203. The van der Waals surface area contributed by atoms with E-state index in [-0.39, 0.29) is 38.7 Å². The molecule has 2 saturated heterocycles. The number of hydrogen-bond donors (Lipinski definition) is 1. The largest absolute Gasteiger partial charge is 0.459 e. The van der Waals surface area contributed by atoms with Crippen molar-refractivity contribution in [1.29, 1.82) is 0 Å². The first-order valence-corrected chi connectivity index (χ1v) is 5.95. The Labute approximate surface area is 102 Å². The van der Waals surface area contributed by atoms with E-state index in [0.717, 1.165) is 0 Å². The number of nitrogens with zero attached hydrogens (tertiary/aromatic N) is 2. The molecule has 2 aliphatic heterocycles. The van der Waals surface area contributed by atoms with Crippen LogP contribution in [0.3, 0.4) is 0 Å². The Bertz CT molecular complexity index is 377. The maximum Gasteiger partial charge on any atom is 0.459 e. The highest BCUT2D eigenvalue weighted by molar-refractivity contribution is 7.50. The van der Waals surface area contributed by atoms with Gasteiger partial charge < -0.3 is 14.4 Å². The highest BCUT2D eigenvalue weighted by Crippen LogP contribution is 2.49. The maximum atomic E-state index is 11.6. The van der Waals surface area contributed by atoms with Gasteiger partial charge in [-0.1, -0.05) is 0 Å². The molecular formula is C6H10ClN2O7P. The first-order valence-electron chi connectivity index (χ1n) is 4.42. The molecule has 0 aliphatic carbocycles. The fraction of sp³-hybridized carbons (Fsp3) is 0.667. The normalized spacial score (nSPS) is 22.9. The average molecular weight is 289 g/mol. The van der Waals surface area contributed by atoms with Crippen molar-refractivity contribution in [3.8, 4) is 0 Å². The predicted octanol–water partition coefficient (Wildman–Crippen LogP) is 0.345. The summed E-state index contributed by atoms with van der Waals surface area (Å²) in [6, 6.07) is 0. The van der Waals surface area contributed by atoms with E-state index in [0.29, 0.717) is 9.73 Å². The molecule has 1 N–H and O–H groups in total. The Kier molecular flexibility index (Phi) is 4.21. The second-order valence-corrected chi connectivity index (χ2v) is 4.65. The van der Waals surface area contributed by atoms with Gasteiger partial charge >= 0.3 is 19.9 Å². The van der Waals surface area contributed by atoms with Crippen LogP contribution in [0.5, 0.6) is 0 Å². The molecule has 0 aromatic rings. The molecule has 2 amide bonds. The topological polar surface area (TPSA) is 106 Å². The van der Waals surface area contributed by atoms with E-state index >= 15 is 0 Å². The van der Waals surface area contributed by atoms with Crippen LogP contribution >= 0.6 is 20.2 Å². The van der Waals surface area contributed by atoms with Crippen LogP contribution in [0.1, 0.15) is 0 Å². The molecule has 0 spiro atoms. The lowest BCUT2D eigenvalue weighted by atomic mass is 10.7. The van der Waals surface area contributed by atoms with Crippen LogP contribution in [0.4, 0.5) is 9.59 Å². The third-order valence-electron chi connectivity index (χ3n) is 1.97. The minimum atomic E-state index is -4.40. The van der Waals surface area contributed by atoms with Gasteiger partial charge in [0.05, 0.1) is 13.1 Å². The van der Waals surface area contributed by atoms with Crippen molar-refractivity contribution in [2.75, 3.05) is 26.3 Å². The Hall–Kier alpha value is -1.02. The van der Waals surface area contributed by atoms with Crippen molar-refractivity contribution in [2.45, 2.75) is 0 Å². The van der Waals surface area contributed by atoms with E-state index in [4.69, 9.17) is 0 Å². The molecule has 9 nitrogen and oxygen atoms in total. The number of hydroxylamine groups is 2. The monoisotopic (exact) mass is 288 g/mol. The molecule has 1 unspecified atom stereocenters. The van der Waals surface area contributed by atoms with Gasteiger partial charge in [0.2, 0.25) is 0 Å². The highest BCUT2D eigenvalue weighted by Gasteiger charge is 2.43. The molecule has 2 rings (SSSR count). The summed E-state index contributed by atoms with van der Waals surface area (Å²) in [6.07, 6.45) is -1.81. The molecule has 1 atom stereocenters. The van der Waals surface area contributed by atoms with Crippen molar-refractivity contribution in [1.82, 2.24) is 9.73 Å². The first-order chi connectivity index (χ1) is 7.50. The molecular weight excluding hydrogens is 278 g/mol. The zero-order chi connectivity index (χ0) is 11.8. The number of cyclic esters (lactones) is 2. The van der Waals surface area contributed by atoms with Crippen LogP contribution in [0.25, 0.3) is 0 Å². The maximum absolute atomic E-state index is 11.6.